The van der Waals surface area contributed by atoms with Gasteiger partial charge in [0.25, 0.3) is 0 Å². The number of urea groups is 2. The van der Waals surface area contributed by atoms with Gasteiger partial charge in [0.2, 0.25) is 20.0 Å². The van der Waals surface area contributed by atoms with Gasteiger partial charge in [-0.3, -0.25) is 0 Å². The number of hydrogen-bond acceptors (Lipinski definition) is 14. The van der Waals surface area contributed by atoms with Crippen LogP contribution in [0.3, 0.4) is 0 Å². The number of halogens is 4. The van der Waals surface area contributed by atoms with Gasteiger partial charge in [0.05, 0.1) is 84.8 Å². The molecule has 438 valence electrons. The number of nitrogens with zero attached hydrogens (tertiary/aromatic N) is 2. The second-order valence-corrected chi connectivity index (χ2v) is 25.5. The van der Waals surface area contributed by atoms with E-state index < -0.39 is 20.0 Å². The van der Waals surface area contributed by atoms with Gasteiger partial charge < -0.3 is 59.5 Å². The van der Waals surface area contributed by atoms with Crippen molar-refractivity contribution in [3.8, 4) is 33.8 Å². The average Bonchev–Trinajstić information content (AvgIpc) is 4.15. The molecule has 4 amide bonds. The number of benzene rings is 4. The number of likely N-dealkylation sites (N-methyl/N-ethyl adjacent to an activating group) is 2. The first-order valence-corrected chi connectivity index (χ1v) is 31.0. The molecule has 2 aliphatic heterocycles. The number of sulfonamides is 2. The molecule has 8 rings (SSSR count). The molecule has 0 radical (unpaired) electrons. The lowest BCUT2D eigenvalue weighted by molar-refractivity contribution is 0.0516. The Bertz CT molecular complexity index is 2950. The Kier molecular flexibility index (Phi) is 21.2. The number of amides is 4. The van der Waals surface area contributed by atoms with Gasteiger partial charge in [-0.05, 0) is 126 Å². The molecule has 4 atom stereocenters. The van der Waals surface area contributed by atoms with Gasteiger partial charge in [0.1, 0.15) is 23.7 Å². The van der Waals surface area contributed by atoms with Crippen molar-refractivity contribution in [2.75, 3.05) is 120 Å². The van der Waals surface area contributed by atoms with Crippen molar-refractivity contribution in [1.82, 2.24) is 40.5 Å². The number of fused-ring (bicyclic) bond motifs is 4. The van der Waals surface area contributed by atoms with E-state index in [0.29, 0.717) is 92.6 Å². The normalized spacial score (nSPS) is 17.6. The minimum Gasteiger partial charge on any atom is -0.483 e. The molecule has 6 N–H and O–H groups in total. The molecule has 2 aliphatic carbocycles. The molecule has 0 unspecified atom stereocenters. The molecular weight excluding hydrogens is 1160 g/mol. The summed E-state index contributed by atoms with van der Waals surface area (Å²) >= 11 is 26.8. The maximum absolute atomic E-state index is 13.4. The van der Waals surface area contributed by atoms with Crippen LogP contribution in [-0.2, 0) is 51.8 Å². The van der Waals surface area contributed by atoms with E-state index in [4.69, 9.17) is 74.8 Å². The molecule has 0 saturated heterocycles. The van der Waals surface area contributed by atoms with Gasteiger partial charge in [-0.25, -0.2) is 35.9 Å². The van der Waals surface area contributed by atoms with Crippen LogP contribution in [0.1, 0.15) is 58.4 Å². The first-order chi connectivity index (χ1) is 38.2. The summed E-state index contributed by atoms with van der Waals surface area (Å²) in [5.74, 6) is 1.20. The quantitative estimate of drug-likeness (QED) is 0.0307. The first kappa shape index (κ1) is 61.8. The largest absolute Gasteiger partial charge is 0.483 e. The fraction of sp³-hybridized carbons (Fsp3) is 0.519. The van der Waals surface area contributed by atoms with Gasteiger partial charge in [0, 0.05) is 82.7 Å². The fourth-order valence-electron chi connectivity index (χ4n) is 10.4. The Balaban J connectivity index is 0.603. The van der Waals surface area contributed by atoms with Crippen molar-refractivity contribution < 1.29 is 54.8 Å². The van der Waals surface area contributed by atoms with Crippen molar-refractivity contribution in [2.24, 2.45) is 0 Å². The molecule has 0 saturated carbocycles. The highest BCUT2D eigenvalue weighted by atomic mass is 35.5. The molecule has 0 bridgehead atoms. The van der Waals surface area contributed by atoms with Gasteiger partial charge >= 0.3 is 12.1 Å². The third-order valence-corrected chi connectivity index (χ3v) is 18.5. The van der Waals surface area contributed by atoms with Gasteiger partial charge in [-0.15, -0.1) is 0 Å². The highest BCUT2D eigenvalue weighted by Gasteiger charge is 2.45. The predicted molar refractivity (Wildman–Crippen MR) is 308 cm³/mol. The van der Waals surface area contributed by atoms with Crippen molar-refractivity contribution >= 4 is 78.5 Å². The zero-order chi connectivity index (χ0) is 57.5. The van der Waals surface area contributed by atoms with E-state index in [9.17, 15) is 26.4 Å². The molecule has 4 aliphatic rings. The van der Waals surface area contributed by atoms with E-state index in [1.807, 2.05) is 42.0 Å². The summed E-state index contributed by atoms with van der Waals surface area (Å²) in [5.41, 5.74) is 7.81. The van der Waals surface area contributed by atoms with Crippen LogP contribution in [-0.4, -0.2) is 171 Å². The number of unbranched alkanes of at least 4 members (excludes halogenated alkanes) is 1. The lowest BCUT2D eigenvalue weighted by Gasteiger charge is -2.33. The van der Waals surface area contributed by atoms with Gasteiger partial charge in [-0.1, -0.05) is 46.4 Å². The lowest BCUT2D eigenvalue weighted by Crippen LogP contribution is -2.39. The zero-order valence-electron chi connectivity index (χ0n) is 45.6. The molecule has 2 heterocycles. The number of hydrogen-bond donors (Lipinski definition) is 6. The smallest absolute Gasteiger partial charge is 0.314 e. The Morgan fingerprint density at radius 3 is 1.23 bits per heavy atom. The summed E-state index contributed by atoms with van der Waals surface area (Å²) in [4.78, 5) is 28.7. The van der Waals surface area contributed by atoms with Crippen LogP contribution < -0.4 is 40.2 Å². The average molecular weight is 1230 g/mol. The monoisotopic (exact) mass is 1230 g/mol. The van der Waals surface area contributed by atoms with Gasteiger partial charge in [-0.2, -0.15) is 0 Å². The molecule has 20 nitrogen and oxygen atoms in total. The SMILES string of the molecule is Cc1cc(S(=O)(=O)NCCOCCOCCNC(=O)NCCCCNC(=O)NCCOCCOCCNS(=O)(=O)c2cc(C)c3c(c2)-c2c(Cl)cc(Cl)c4c2[C@H](O3)[C@@H](N(C)C)C4)cc2c1O[C@H]1c3c(c(Cl)cc(Cl)c3-2)C[C@@H]1N(C)C. The van der Waals surface area contributed by atoms with Crippen LogP contribution in [0.15, 0.2) is 46.2 Å². The van der Waals surface area contributed by atoms with Gasteiger partial charge in [0.15, 0.2) is 0 Å². The van der Waals surface area contributed by atoms with E-state index in [0.717, 1.165) is 33.4 Å². The topological polar surface area (TPSA) is 236 Å². The number of carbonyl (C=O) groups is 2. The van der Waals surface area contributed by atoms with Crippen LogP contribution in [0.4, 0.5) is 9.59 Å². The van der Waals surface area contributed by atoms with Crippen LogP contribution in [0.25, 0.3) is 22.3 Å². The molecule has 4 aromatic rings. The molecular formula is C54H70Cl4N8O12S2. The van der Waals surface area contributed by atoms with Crippen molar-refractivity contribution in [2.45, 2.75) is 73.6 Å². The summed E-state index contributed by atoms with van der Waals surface area (Å²) in [6, 6.07) is 9.23. The lowest BCUT2D eigenvalue weighted by atomic mass is 9.91. The Morgan fingerprint density at radius 2 is 0.863 bits per heavy atom. The highest BCUT2D eigenvalue weighted by Crippen LogP contribution is 2.57. The number of carbonyl (C=O) groups excluding carboxylic acids is 2. The summed E-state index contributed by atoms with van der Waals surface area (Å²) in [6.45, 7) is 6.80. The minimum absolute atomic E-state index is 0.0409. The van der Waals surface area contributed by atoms with Crippen LogP contribution in [0.2, 0.25) is 20.1 Å². The summed E-state index contributed by atoms with van der Waals surface area (Å²) in [6.07, 6.45) is 2.09. The van der Waals surface area contributed by atoms with Crippen LogP contribution in [0.5, 0.6) is 11.5 Å². The highest BCUT2D eigenvalue weighted by molar-refractivity contribution is 7.89. The van der Waals surface area contributed by atoms with E-state index in [-0.39, 0.29) is 125 Å². The second kappa shape index (κ2) is 27.4. The molecule has 0 aromatic heterocycles. The predicted octanol–water partition coefficient (Wildman–Crippen LogP) is 6.79. The van der Waals surface area contributed by atoms with Crippen molar-refractivity contribution in [3.63, 3.8) is 0 Å². The molecule has 4 aromatic carbocycles. The maximum Gasteiger partial charge on any atom is 0.314 e. The van der Waals surface area contributed by atoms with E-state index in [1.165, 1.54) is 0 Å². The van der Waals surface area contributed by atoms with Crippen molar-refractivity contribution in [3.05, 3.63) is 89.9 Å². The Labute approximate surface area is 488 Å². The number of ether oxygens (including phenoxy) is 6. The number of rotatable bonds is 29. The molecule has 0 spiro atoms. The third kappa shape index (κ3) is 14.4. The second-order valence-electron chi connectivity index (χ2n) is 20.3. The van der Waals surface area contributed by atoms with Crippen LogP contribution >= 0.6 is 46.4 Å². The Hall–Kier alpha value is -4.24. The molecule has 80 heavy (non-hydrogen) atoms. The zero-order valence-corrected chi connectivity index (χ0v) is 50.3. The standard InChI is InChI=1S/C54H70Cl4N8O12S2/c1-31-23-33(25-37-45-41(57)29-39(55)35-27-43(65(3)4)51(47(35)45)77-49(31)37)79(69,70)63-13-17-75-21-19-73-15-11-61-53(67)59-9-7-8-10-60-54(68)62-12-16-74-20-22-76-18-14-64-80(71,72)34-24-32(2)50-38(26-34)46-42(58)30-40(56)36-28-44(66(5)6)52(78-50)48(36)46/h23-26,29-30,43-44,51-52,63-64H,7-22,27-28H2,1-6H3,(H2,59,61,67)(H2,60,62,68)/t43-,44-,51+,52+/m0/s1. The fourth-order valence-corrected chi connectivity index (χ4v) is 14.0. The van der Waals surface area contributed by atoms with E-state index >= 15 is 0 Å². The summed E-state index contributed by atoms with van der Waals surface area (Å²) in [5, 5.41) is 13.0. The third-order valence-electron chi connectivity index (χ3n) is 14.4. The maximum atomic E-state index is 13.4. The minimum atomic E-state index is -3.91. The summed E-state index contributed by atoms with van der Waals surface area (Å²) < 4.78 is 94.1. The number of nitrogens with one attached hydrogen (secondary N) is 6. The molecule has 26 heteroatoms. The first-order valence-electron chi connectivity index (χ1n) is 26.5. The van der Waals surface area contributed by atoms with E-state index in [1.54, 1.807) is 36.4 Å². The van der Waals surface area contributed by atoms with E-state index in [2.05, 4.69) is 40.5 Å². The summed E-state index contributed by atoms with van der Waals surface area (Å²) in [7, 11) is 0.158. The molecule has 0 fully saturated rings. The van der Waals surface area contributed by atoms with Crippen LogP contribution in [0, 0.1) is 13.8 Å². The number of aryl methyl sites for hydroxylation is 2. The van der Waals surface area contributed by atoms with Crippen molar-refractivity contribution in [1.29, 1.82) is 0 Å². The Morgan fingerprint density at radius 1 is 0.512 bits per heavy atom.